The second-order valence-corrected chi connectivity index (χ2v) is 6.79. The number of hydrogen-bond acceptors (Lipinski definition) is 2. The van der Waals surface area contributed by atoms with Gasteiger partial charge in [0.25, 0.3) is 0 Å². The molecule has 0 radical (unpaired) electrons. The number of carbonyl (C=O) groups is 2. The van der Waals surface area contributed by atoms with Gasteiger partial charge in [0.05, 0.1) is 0 Å². The van der Waals surface area contributed by atoms with Crippen molar-refractivity contribution in [3.8, 4) is 0 Å². The second-order valence-electron chi connectivity index (χ2n) is 6.38. The topological polar surface area (TPSA) is 49.4 Å². The van der Waals surface area contributed by atoms with Gasteiger partial charge in [-0.1, -0.05) is 48.9 Å². The number of nitrogens with zero attached hydrogens (tertiary/aromatic N) is 1. The van der Waals surface area contributed by atoms with Crippen LogP contribution in [0, 0.1) is 5.82 Å². The Balaban J connectivity index is 2.08. The molecule has 2 aromatic rings. The number of benzene rings is 2. The lowest BCUT2D eigenvalue weighted by Crippen LogP contribution is -2.47. The first-order valence-electron chi connectivity index (χ1n) is 8.97. The van der Waals surface area contributed by atoms with Gasteiger partial charge in [-0.25, -0.2) is 4.39 Å². The van der Waals surface area contributed by atoms with Gasteiger partial charge in [0.2, 0.25) is 11.8 Å². The molecule has 2 aromatic carbocycles. The van der Waals surface area contributed by atoms with Gasteiger partial charge in [-0.05, 0) is 42.7 Å². The molecule has 0 aliphatic rings. The first-order valence-corrected chi connectivity index (χ1v) is 9.35. The molecule has 1 atom stereocenters. The highest BCUT2D eigenvalue weighted by molar-refractivity contribution is 6.31. The van der Waals surface area contributed by atoms with E-state index in [1.807, 2.05) is 25.1 Å². The third-order valence-electron chi connectivity index (χ3n) is 4.31. The van der Waals surface area contributed by atoms with Crippen LogP contribution in [-0.4, -0.2) is 22.8 Å². The van der Waals surface area contributed by atoms with E-state index < -0.39 is 6.04 Å². The van der Waals surface area contributed by atoms with Crippen LogP contribution in [0.15, 0.2) is 48.5 Å². The summed E-state index contributed by atoms with van der Waals surface area (Å²) >= 11 is 6.12. The Morgan fingerprint density at radius 1 is 1.15 bits per heavy atom. The molecule has 27 heavy (non-hydrogen) atoms. The molecule has 0 fully saturated rings. The van der Waals surface area contributed by atoms with Crippen LogP contribution in [0.4, 0.5) is 4.39 Å². The van der Waals surface area contributed by atoms with Gasteiger partial charge < -0.3 is 10.2 Å². The number of nitrogens with one attached hydrogen (secondary N) is 1. The zero-order valence-corrected chi connectivity index (χ0v) is 16.3. The van der Waals surface area contributed by atoms with E-state index in [4.69, 9.17) is 11.6 Å². The van der Waals surface area contributed by atoms with Crippen LogP contribution in [0.25, 0.3) is 0 Å². The Hall–Kier alpha value is -2.40. The van der Waals surface area contributed by atoms with Crippen molar-refractivity contribution >= 4 is 23.4 Å². The predicted molar refractivity (Wildman–Crippen MR) is 105 cm³/mol. The Bertz CT molecular complexity index is 780. The Labute approximate surface area is 164 Å². The average Bonchev–Trinajstić information content (AvgIpc) is 2.66. The summed E-state index contributed by atoms with van der Waals surface area (Å²) in [6.45, 7) is 4.14. The summed E-state index contributed by atoms with van der Waals surface area (Å²) in [6, 6.07) is 12.6. The molecule has 4 nitrogen and oxygen atoms in total. The van der Waals surface area contributed by atoms with E-state index in [9.17, 15) is 14.0 Å². The molecule has 2 amide bonds. The van der Waals surface area contributed by atoms with Crippen molar-refractivity contribution in [1.82, 2.24) is 10.2 Å². The van der Waals surface area contributed by atoms with E-state index >= 15 is 0 Å². The SMILES string of the molecule is CCCC(=O)N(Cc1ccc(F)cc1)[C@@H](C)C(=O)NCc1ccccc1Cl. The van der Waals surface area contributed by atoms with Crippen LogP contribution in [-0.2, 0) is 22.7 Å². The molecule has 0 heterocycles. The van der Waals surface area contributed by atoms with Gasteiger partial charge in [0.15, 0.2) is 0 Å². The molecule has 1 N–H and O–H groups in total. The smallest absolute Gasteiger partial charge is 0.242 e. The molecule has 2 rings (SSSR count). The molecular weight excluding hydrogens is 367 g/mol. The molecule has 0 bridgehead atoms. The molecule has 0 unspecified atom stereocenters. The highest BCUT2D eigenvalue weighted by atomic mass is 35.5. The molecule has 0 aliphatic heterocycles. The monoisotopic (exact) mass is 390 g/mol. The Kier molecular flexibility index (Phi) is 7.80. The molecule has 144 valence electrons. The van der Waals surface area contributed by atoms with E-state index in [1.54, 1.807) is 25.1 Å². The fourth-order valence-electron chi connectivity index (χ4n) is 2.70. The molecule has 0 saturated heterocycles. The summed E-state index contributed by atoms with van der Waals surface area (Å²) < 4.78 is 13.1. The lowest BCUT2D eigenvalue weighted by molar-refractivity contribution is -0.140. The largest absolute Gasteiger partial charge is 0.350 e. The van der Waals surface area contributed by atoms with Gasteiger partial charge >= 0.3 is 0 Å². The van der Waals surface area contributed by atoms with Crippen molar-refractivity contribution in [2.45, 2.75) is 45.8 Å². The summed E-state index contributed by atoms with van der Waals surface area (Å²) in [5.41, 5.74) is 1.58. The first kappa shape index (κ1) is 20.9. The molecular formula is C21H24ClFN2O2. The van der Waals surface area contributed by atoms with Gasteiger partial charge in [-0.2, -0.15) is 0 Å². The lowest BCUT2D eigenvalue weighted by Gasteiger charge is -2.29. The van der Waals surface area contributed by atoms with E-state index in [2.05, 4.69) is 5.32 Å². The van der Waals surface area contributed by atoms with Gasteiger partial charge in [-0.3, -0.25) is 9.59 Å². The molecule has 6 heteroatoms. The fourth-order valence-corrected chi connectivity index (χ4v) is 2.90. The van der Waals surface area contributed by atoms with Crippen molar-refractivity contribution < 1.29 is 14.0 Å². The molecule has 0 spiro atoms. The van der Waals surface area contributed by atoms with Crippen molar-refractivity contribution in [2.75, 3.05) is 0 Å². The van der Waals surface area contributed by atoms with Crippen molar-refractivity contribution in [1.29, 1.82) is 0 Å². The summed E-state index contributed by atoms with van der Waals surface area (Å²) in [4.78, 5) is 26.7. The van der Waals surface area contributed by atoms with E-state index in [0.717, 1.165) is 11.1 Å². The Morgan fingerprint density at radius 3 is 2.44 bits per heavy atom. The summed E-state index contributed by atoms with van der Waals surface area (Å²) in [6.07, 6.45) is 1.04. The normalized spacial score (nSPS) is 11.7. The number of carbonyl (C=O) groups excluding carboxylic acids is 2. The number of amides is 2. The molecule has 0 saturated carbocycles. The minimum absolute atomic E-state index is 0.109. The van der Waals surface area contributed by atoms with Crippen LogP contribution in [0.2, 0.25) is 5.02 Å². The number of rotatable bonds is 8. The van der Waals surface area contributed by atoms with Crippen LogP contribution in [0.5, 0.6) is 0 Å². The zero-order chi connectivity index (χ0) is 19.8. The molecule has 0 aromatic heterocycles. The third kappa shape index (κ3) is 6.07. The van der Waals surface area contributed by atoms with E-state index in [0.29, 0.717) is 17.9 Å². The van der Waals surface area contributed by atoms with Crippen LogP contribution < -0.4 is 5.32 Å². The van der Waals surface area contributed by atoms with Crippen LogP contribution >= 0.6 is 11.6 Å². The lowest BCUT2D eigenvalue weighted by atomic mass is 10.1. The van der Waals surface area contributed by atoms with Crippen molar-refractivity contribution in [3.63, 3.8) is 0 Å². The van der Waals surface area contributed by atoms with Crippen LogP contribution in [0.3, 0.4) is 0 Å². The quantitative estimate of drug-likeness (QED) is 0.730. The highest BCUT2D eigenvalue weighted by Crippen LogP contribution is 2.16. The summed E-state index contributed by atoms with van der Waals surface area (Å²) in [5, 5.41) is 3.41. The summed E-state index contributed by atoms with van der Waals surface area (Å²) in [5.74, 6) is -0.709. The predicted octanol–water partition coefficient (Wildman–Crippen LogP) is 4.31. The third-order valence-corrected chi connectivity index (χ3v) is 4.68. The van der Waals surface area contributed by atoms with Crippen molar-refractivity contribution in [3.05, 3.63) is 70.5 Å². The maximum absolute atomic E-state index is 13.1. The van der Waals surface area contributed by atoms with Crippen LogP contribution in [0.1, 0.15) is 37.8 Å². The highest BCUT2D eigenvalue weighted by Gasteiger charge is 2.25. The minimum atomic E-state index is -0.656. The average molecular weight is 391 g/mol. The van der Waals surface area contributed by atoms with Crippen molar-refractivity contribution in [2.24, 2.45) is 0 Å². The maximum atomic E-state index is 13.1. The summed E-state index contributed by atoms with van der Waals surface area (Å²) in [7, 11) is 0. The molecule has 0 aliphatic carbocycles. The standard InChI is InChI=1S/C21H24ClFN2O2/c1-3-6-20(26)25(14-16-9-11-18(23)12-10-16)15(2)21(27)24-13-17-7-4-5-8-19(17)22/h4-5,7-12,15H,3,6,13-14H2,1-2H3,(H,24,27)/t15-/m0/s1. The fraction of sp³-hybridized carbons (Fsp3) is 0.333. The second kappa shape index (κ2) is 10.1. The van der Waals surface area contributed by atoms with Gasteiger partial charge in [-0.15, -0.1) is 0 Å². The number of hydrogen-bond donors (Lipinski definition) is 1. The Morgan fingerprint density at radius 2 is 1.81 bits per heavy atom. The minimum Gasteiger partial charge on any atom is -0.350 e. The van der Waals surface area contributed by atoms with E-state index in [-0.39, 0.29) is 30.7 Å². The zero-order valence-electron chi connectivity index (χ0n) is 15.5. The first-order chi connectivity index (χ1) is 12.9. The van der Waals surface area contributed by atoms with Gasteiger partial charge in [0, 0.05) is 24.5 Å². The van der Waals surface area contributed by atoms with Gasteiger partial charge in [0.1, 0.15) is 11.9 Å². The maximum Gasteiger partial charge on any atom is 0.242 e. The van der Waals surface area contributed by atoms with E-state index in [1.165, 1.54) is 17.0 Å². The number of halogens is 2.